The van der Waals surface area contributed by atoms with Gasteiger partial charge in [-0.05, 0) is 79.6 Å². The van der Waals surface area contributed by atoms with E-state index in [1.165, 1.54) is 116 Å². The fraction of sp³-hybridized carbons (Fsp3) is 1.00. The predicted octanol–water partition coefficient (Wildman–Crippen LogP) is 14.1. The maximum absolute atomic E-state index is 14.3. The third kappa shape index (κ3) is 21.1. The van der Waals surface area contributed by atoms with Crippen LogP contribution < -0.4 is 0 Å². The smallest absolute Gasteiger partial charge is 0.261 e. The molecule has 1 N–H and O–H groups in total. The van der Waals surface area contributed by atoms with Crippen molar-refractivity contribution in [3.05, 3.63) is 0 Å². The second kappa shape index (κ2) is 28.5. The Hall–Kier alpha value is 0.0300. The quantitative estimate of drug-likeness (QED) is 0.0506. The van der Waals surface area contributed by atoms with Crippen molar-refractivity contribution in [3.63, 3.8) is 0 Å². The molecule has 0 bridgehead atoms. The minimum Gasteiger partial charge on any atom is -0.375 e. The highest BCUT2D eigenvalue weighted by atomic mass is 31.2. The van der Waals surface area contributed by atoms with E-state index in [-0.39, 0.29) is 11.2 Å². The minimum absolute atomic E-state index is 0.308. The summed E-state index contributed by atoms with van der Waals surface area (Å²) in [5.74, 6) is 0. The fourth-order valence-electron chi connectivity index (χ4n) is 6.58. The molecule has 50 heavy (non-hydrogen) atoms. The number of ether oxygens (including phenoxy) is 4. The summed E-state index contributed by atoms with van der Waals surface area (Å²) < 4.78 is 39.6. The summed E-state index contributed by atoms with van der Waals surface area (Å²) in [5.41, 5.74) is -0.659. The molecule has 302 valence electrons. The average molecular weight is 733 g/mol. The first-order valence-corrected chi connectivity index (χ1v) is 23.3. The van der Waals surface area contributed by atoms with Crippen molar-refractivity contribution >= 4 is 7.37 Å². The maximum atomic E-state index is 14.3. The van der Waals surface area contributed by atoms with Crippen LogP contribution in [0.25, 0.3) is 0 Å². The van der Waals surface area contributed by atoms with Gasteiger partial charge in [0, 0.05) is 13.2 Å². The molecule has 0 amide bonds. The van der Waals surface area contributed by atoms with E-state index in [1.54, 1.807) is 13.8 Å². The number of hydrogen-bond acceptors (Lipinski definition) is 5. The van der Waals surface area contributed by atoms with Crippen molar-refractivity contribution in [2.45, 2.75) is 252 Å². The molecular weight excluding hydrogens is 643 g/mol. The molecule has 0 heterocycles. The summed E-state index contributed by atoms with van der Waals surface area (Å²) in [5, 5.41) is -2.41. The molecule has 0 radical (unpaired) electrons. The van der Waals surface area contributed by atoms with Gasteiger partial charge in [0.1, 0.15) is 10.7 Å². The van der Waals surface area contributed by atoms with Gasteiger partial charge in [0.05, 0.1) is 24.4 Å². The first-order valence-electron chi connectivity index (χ1n) is 21.6. The molecule has 0 fully saturated rings. The first-order chi connectivity index (χ1) is 23.7. The molecule has 4 unspecified atom stereocenters. The molecule has 0 saturated heterocycles. The number of unbranched alkanes of at least 4 members (excludes halogenated alkanes) is 18. The average Bonchev–Trinajstić information content (AvgIpc) is 3.09. The summed E-state index contributed by atoms with van der Waals surface area (Å²) in [6.07, 6.45) is 29.2. The molecule has 0 saturated carbocycles. The summed E-state index contributed by atoms with van der Waals surface area (Å²) in [6.45, 7) is 22.7. The molecule has 0 aliphatic heterocycles. The van der Waals surface area contributed by atoms with Crippen LogP contribution in [-0.2, 0) is 23.5 Å². The summed E-state index contributed by atoms with van der Waals surface area (Å²) in [6, 6.07) is 0. The lowest BCUT2D eigenvalue weighted by molar-refractivity contribution is -0.0792. The van der Waals surface area contributed by atoms with E-state index < -0.39 is 18.1 Å². The lowest BCUT2D eigenvalue weighted by atomic mass is 9.99. The van der Waals surface area contributed by atoms with Crippen molar-refractivity contribution in [2.75, 3.05) is 26.4 Å². The van der Waals surface area contributed by atoms with Crippen LogP contribution in [0.3, 0.4) is 0 Å². The normalized spacial score (nSPS) is 17.3. The SMILES string of the molecule is CCCCCCCCCCCCOC(C)(C)CCOC(C)(CC)P(=O)(O)C(C)(CC)OCCC(C)(CC)OCCCCCCCCCCCC. The molecule has 0 rings (SSSR count). The van der Waals surface area contributed by atoms with E-state index in [1.807, 2.05) is 13.8 Å². The monoisotopic (exact) mass is 733 g/mol. The third-order valence-electron chi connectivity index (χ3n) is 11.4. The molecular formula is C43H89O6P. The Balaban J connectivity index is 4.67. The van der Waals surface area contributed by atoms with Gasteiger partial charge in [-0.15, -0.1) is 0 Å². The van der Waals surface area contributed by atoms with Crippen molar-refractivity contribution in [1.29, 1.82) is 0 Å². The minimum atomic E-state index is -3.93. The lowest BCUT2D eigenvalue weighted by Gasteiger charge is -2.44. The Kier molecular flexibility index (Phi) is 28.5. The molecule has 6 nitrogen and oxygen atoms in total. The van der Waals surface area contributed by atoms with Crippen LogP contribution in [0, 0.1) is 0 Å². The molecule has 0 aromatic heterocycles. The first kappa shape index (κ1) is 50.0. The van der Waals surface area contributed by atoms with Gasteiger partial charge in [-0.25, -0.2) is 0 Å². The van der Waals surface area contributed by atoms with Crippen LogP contribution in [0.5, 0.6) is 0 Å². The van der Waals surface area contributed by atoms with E-state index in [0.717, 1.165) is 32.5 Å². The zero-order chi connectivity index (χ0) is 37.8. The zero-order valence-electron chi connectivity index (χ0n) is 35.4. The van der Waals surface area contributed by atoms with Crippen LogP contribution >= 0.6 is 7.37 Å². The van der Waals surface area contributed by atoms with Crippen molar-refractivity contribution in [3.8, 4) is 0 Å². The Bertz CT molecular complexity index is 836. The number of hydrogen-bond donors (Lipinski definition) is 1. The predicted molar refractivity (Wildman–Crippen MR) is 217 cm³/mol. The highest BCUT2D eigenvalue weighted by Crippen LogP contribution is 2.67. The van der Waals surface area contributed by atoms with E-state index in [0.29, 0.717) is 38.9 Å². The summed E-state index contributed by atoms with van der Waals surface area (Å²) in [7, 11) is -3.93. The van der Waals surface area contributed by atoms with Gasteiger partial charge in [-0.3, -0.25) is 4.57 Å². The van der Waals surface area contributed by atoms with Gasteiger partial charge in [0.2, 0.25) is 0 Å². The Morgan fingerprint density at radius 1 is 0.420 bits per heavy atom. The molecule has 7 heteroatoms. The molecule has 4 atom stereocenters. The van der Waals surface area contributed by atoms with Gasteiger partial charge in [0.15, 0.2) is 0 Å². The molecule has 0 aliphatic rings. The Morgan fingerprint density at radius 2 is 0.760 bits per heavy atom. The molecule has 0 spiro atoms. The lowest BCUT2D eigenvalue weighted by Crippen LogP contribution is -2.42. The topological polar surface area (TPSA) is 74.2 Å². The van der Waals surface area contributed by atoms with Gasteiger partial charge in [-0.1, -0.05) is 150 Å². The third-order valence-corrected chi connectivity index (χ3v) is 14.9. The van der Waals surface area contributed by atoms with E-state index >= 15 is 0 Å². The van der Waals surface area contributed by atoms with Gasteiger partial charge >= 0.3 is 0 Å². The zero-order valence-corrected chi connectivity index (χ0v) is 36.3. The second-order valence-electron chi connectivity index (χ2n) is 16.5. The van der Waals surface area contributed by atoms with E-state index in [4.69, 9.17) is 18.9 Å². The molecule has 0 aromatic rings. The largest absolute Gasteiger partial charge is 0.375 e. The summed E-state index contributed by atoms with van der Waals surface area (Å²) in [4.78, 5) is 11.7. The van der Waals surface area contributed by atoms with Gasteiger partial charge in [-0.2, -0.15) is 0 Å². The Morgan fingerprint density at radius 3 is 1.12 bits per heavy atom. The molecule has 0 aromatic carbocycles. The van der Waals surface area contributed by atoms with Crippen LogP contribution in [0.4, 0.5) is 0 Å². The molecule has 0 aliphatic carbocycles. The van der Waals surface area contributed by atoms with E-state index in [2.05, 4.69) is 41.5 Å². The van der Waals surface area contributed by atoms with Crippen molar-refractivity contribution < 1.29 is 28.4 Å². The fourth-order valence-corrected chi connectivity index (χ4v) is 8.97. The van der Waals surface area contributed by atoms with Crippen molar-refractivity contribution in [1.82, 2.24) is 0 Å². The maximum Gasteiger partial charge on any atom is 0.261 e. The van der Waals surface area contributed by atoms with Crippen LogP contribution in [-0.4, -0.2) is 53.2 Å². The number of rotatable bonds is 37. The standard InChI is InChI=1S/C43H89O6P/c1-11-16-18-20-22-24-26-28-30-32-36-46-40(6,7)34-38-48-42(9,14-4)50(44,45)43(10,15-5)49-39-35-41(8,13-3)47-37-33-31-29-27-25-23-21-19-17-12-2/h11-39H2,1-10H3,(H,44,45). The summed E-state index contributed by atoms with van der Waals surface area (Å²) >= 11 is 0. The highest BCUT2D eigenvalue weighted by Gasteiger charge is 2.56. The van der Waals surface area contributed by atoms with Crippen LogP contribution in [0.2, 0.25) is 0 Å². The van der Waals surface area contributed by atoms with Crippen LogP contribution in [0.1, 0.15) is 230 Å². The van der Waals surface area contributed by atoms with Crippen LogP contribution in [0.15, 0.2) is 0 Å². The van der Waals surface area contributed by atoms with E-state index in [9.17, 15) is 9.46 Å². The highest BCUT2D eigenvalue weighted by molar-refractivity contribution is 7.60. The van der Waals surface area contributed by atoms with Gasteiger partial charge < -0.3 is 23.8 Å². The second-order valence-corrected chi connectivity index (χ2v) is 19.5. The van der Waals surface area contributed by atoms with Crippen molar-refractivity contribution in [2.24, 2.45) is 0 Å². The Labute approximate surface area is 313 Å². The van der Waals surface area contributed by atoms with Gasteiger partial charge in [0.25, 0.3) is 7.37 Å².